The maximum absolute atomic E-state index is 14.2. The molecule has 2 aromatic carbocycles. The van der Waals surface area contributed by atoms with E-state index in [0.717, 1.165) is 15.8 Å². The topological polar surface area (TPSA) is 34.4 Å². The van der Waals surface area contributed by atoms with E-state index >= 15 is 0 Å². The Bertz CT molecular complexity index is 1010. The van der Waals surface area contributed by atoms with Crippen molar-refractivity contribution in [3.63, 3.8) is 0 Å². The fraction of sp³-hybridized carbons (Fsp3) is 0.158. The lowest BCUT2D eigenvalue weighted by molar-refractivity contribution is 0.0998. The van der Waals surface area contributed by atoms with Crippen LogP contribution in [0.3, 0.4) is 0 Å². The zero-order valence-electron chi connectivity index (χ0n) is 13.5. The molecule has 122 valence electrons. The molecular formula is C19H17FN2OS. The highest BCUT2D eigenvalue weighted by atomic mass is 32.1. The van der Waals surface area contributed by atoms with Gasteiger partial charge in [-0.25, -0.2) is 4.39 Å². The van der Waals surface area contributed by atoms with Crippen molar-refractivity contribution in [2.75, 3.05) is 0 Å². The Balaban J connectivity index is 2.17. The predicted octanol–water partition coefficient (Wildman–Crippen LogP) is 4.39. The Hall–Kier alpha value is -2.53. The molecular weight excluding hydrogens is 323 g/mol. The van der Waals surface area contributed by atoms with Gasteiger partial charge in [0.2, 0.25) is 0 Å². The summed E-state index contributed by atoms with van der Waals surface area (Å²) in [6, 6.07) is 10.4. The van der Waals surface area contributed by atoms with Crippen molar-refractivity contribution in [3.05, 3.63) is 76.4 Å². The molecule has 1 heterocycles. The standard InChI is InChI=1S/C19H17FN2OS/c1-4-10-22-17-15(20)6-5-7-16(17)24-19(22)21-18(23)14-9-8-12(2)13(3)11-14/h4-9,11H,1,10H2,2-3H3. The smallest absolute Gasteiger partial charge is 0.279 e. The molecule has 3 rings (SSSR count). The molecule has 0 saturated carbocycles. The van der Waals surface area contributed by atoms with Crippen LogP contribution >= 0.6 is 11.3 Å². The van der Waals surface area contributed by atoms with Gasteiger partial charge in [0.1, 0.15) is 5.82 Å². The van der Waals surface area contributed by atoms with Crippen molar-refractivity contribution in [2.45, 2.75) is 20.4 Å². The maximum atomic E-state index is 14.2. The molecule has 0 atom stereocenters. The fourth-order valence-corrected chi connectivity index (χ4v) is 3.55. The maximum Gasteiger partial charge on any atom is 0.279 e. The highest BCUT2D eigenvalue weighted by Gasteiger charge is 2.12. The number of halogens is 1. The van der Waals surface area contributed by atoms with Gasteiger partial charge in [-0.15, -0.1) is 6.58 Å². The van der Waals surface area contributed by atoms with E-state index in [1.807, 2.05) is 32.0 Å². The number of carbonyl (C=O) groups excluding carboxylic acids is 1. The molecule has 0 aliphatic rings. The SMILES string of the molecule is C=CCn1c(=NC(=O)c2ccc(C)c(C)c2)sc2cccc(F)c21. The largest absolute Gasteiger partial charge is 0.310 e. The van der Waals surface area contributed by atoms with Crippen LogP contribution in [-0.4, -0.2) is 10.5 Å². The molecule has 0 bridgehead atoms. The number of aryl methyl sites for hydroxylation is 2. The van der Waals surface area contributed by atoms with Gasteiger partial charge in [-0.3, -0.25) is 4.79 Å². The van der Waals surface area contributed by atoms with Gasteiger partial charge in [0, 0.05) is 12.1 Å². The van der Waals surface area contributed by atoms with E-state index in [1.54, 1.807) is 22.8 Å². The van der Waals surface area contributed by atoms with Crippen LogP contribution in [0.5, 0.6) is 0 Å². The number of benzene rings is 2. The van der Waals surface area contributed by atoms with E-state index in [1.165, 1.54) is 17.4 Å². The van der Waals surface area contributed by atoms with Gasteiger partial charge in [0.15, 0.2) is 4.80 Å². The third kappa shape index (κ3) is 2.95. The fourth-order valence-electron chi connectivity index (χ4n) is 2.50. The number of hydrogen-bond acceptors (Lipinski definition) is 2. The molecule has 0 N–H and O–H groups in total. The summed E-state index contributed by atoms with van der Waals surface area (Å²) in [7, 11) is 0. The Morgan fingerprint density at radius 2 is 2.08 bits per heavy atom. The number of allylic oxidation sites excluding steroid dienone is 1. The first-order valence-electron chi connectivity index (χ1n) is 7.56. The van der Waals surface area contributed by atoms with Crippen molar-refractivity contribution in [1.82, 2.24) is 4.57 Å². The molecule has 0 spiro atoms. The van der Waals surface area contributed by atoms with E-state index in [2.05, 4.69) is 11.6 Å². The van der Waals surface area contributed by atoms with Gasteiger partial charge < -0.3 is 4.57 Å². The molecule has 3 nitrogen and oxygen atoms in total. The summed E-state index contributed by atoms with van der Waals surface area (Å²) in [5, 5.41) is 0. The number of thiazole rings is 1. The van der Waals surface area contributed by atoms with Gasteiger partial charge in [-0.05, 0) is 49.2 Å². The minimum atomic E-state index is -0.331. The van der Waals surface area contributed by atoms with E-state index in [0.29, 0.717) is 22.4 Å². The van der Waals surface area contributed by atoms with Crippen molar-refractivity contribution >= 4 is 27.5 Å². The third-order valence-corrected chi connectivity index (χ3v) is 4.96. The van der Waals surface area contributed by atoms with E-state index in [4.69, 9.17) is 0 Å². The van der Waals surface area contributed by atoms with Crippen LogP contribution in [0.2, 0.25) is 0 Å². The van der Waals surface area contributed by atoms with Crippen molar-refractivity contribution in [2.24, 2.45) is 4.99 Å². The first kappa shape index (κ1) is 16.3. The number of amides is 1. The van der Waals surface area contributed by atoms with E-state index in [-0.39, 0.29) is 11.7 Å². The molecule has 1 amide bonds. The second kappa shape index (κ2) is 6.53. The molecule has 24 heavy (non-hydrogen) atoms. The predicted molar refractivity (Wildman–Crippen MR) is 95.8 cm³/mol. The minimum Gasteiger partial charge on any atom is -0.310 e. The number of rotatable bonds is 3. The first-order valence-corrected chi connectivity index (χ1v) is 8.38. The molecule has 0 saturated heterocycles. The van der Waals surface area contributed by atoms with Gasteiger partial charge >= 0.3 is 0 Å². The third-order valence-electron chi connectivity index (χ3n) is 3.91. The van der Waals surface area contributed by atoms with Gasteiger partial charge in [-0.2, -0.15) is 4.99 Å². The molecule has 0 radical (unpaired) electrons. The van der Waals surface area contributed by atoms with Crippen LogP contribution in [-0.2, 0) is 6.54 Å². The van der Waals surface area contributed by atoms with E-state index in [9.17, 15) is 9.18 Å². The summed E-state index contributed by atoms with van der Waals surface area (Å²) in [6.45, 7) is 8.05. The number of hydrogen-bond donors (Lipinski definition) is 0. The normalized spacial score (nSPS) is 11.9. The Morgan fingerprint density at radius 3 is 2.79 bits per heavy atom. The molecule has 5 heteroatoms. The molecule has 1 aromatic heterocycles. The number of para-hydroxylation sites is 1. The molecule has 0 unspecified atom stereocenters. The van der Waals surface area contributed by atoms with Crippen LogP contribution in [0.15, 0.2) is 54.0 Å². The lowest BCUT2D eigenvalue weighted by Gasteiger charge is -2.03. The molecule has 0 fully saturated rings. The van der Waals surface area contributed by atoms with Gasteiger partial charge in [0.25, 0.3) is 5.91 Å². The summed E-state index contributed by atoms with van der Waals surface area (Å²) >= 11 is 1.30. The zero-order valence-corrected chi connectivity index (χ0v) is 14.4. The summed E-state index contributed by atoms with van der Waals surface area (Å²) in [5.74, 6) is -0.659. The van der Waals surface area contributed by atoms with Gasteiger partial charge in [0.05, 0.1) is 10.2 Å². The van der Waals surface area contributed by atoms with Crippen LogP contribution in [0.1, 0.15) is 21.5 Å². The van der Waals surface area contributed by atoms with Crippen molar-refractivity contribution in [3.8, 4) is 0 Å². The molecule has 3 aromatic rings. The quantitative estimate of drug-likeness (QED) is 0.651. The van der Waals surface area contributed by atoms with Crippen LogP contribution < -0.4 is 4.80 Å². The number of nitrogens with zero attached hydrogens (tertiary/aromatic N) is 2. The summed E-state index contributed by atoms with van der Waals surface area (Å²) in [5.41, 5.74) is 3.14. The molecule has 0 aliphatic heterocycles. The average Bonchev–Trinajstić information content (AvgIpc) is 2.89. The summed E-state index contributed by atoms with van der Waals surface area (Å²) in [6.07, 6.45) is 1.66. The highest BCUT2D eigenvalue weighted by Crippen LogP contribution is 2.20. The van der Waals surface area contributed by atoms with Crippen LogP contribution in [0, 0.1) is 19.7 Å². The van der Waals surface area contributed by atoms with Crippen molar-refractivity contribution in [1.29, 1.82) is 0 Å². The minimum absolute atomic E-state index is 0.328. The van der Waals surface area contributed by atoms with Gasteiger partial charge in [-0.1, -0.05) is 29.5 Å². The second-order valence-electron chi connectivity index (χ2n) is 5.59. The summed E-state index contributed by atoms with van der Waals surface area (Å²) in [4.78, 5) is 17.2. The Morgan fingerprint density at radius 1 is 1.29 bits per heavy atom. The lowest BCUT2D eigenvalue weighted by Crippen LogP contribution is -2.16. The molecule has 0 aliphatic carbocycles. The Labute approximate surface area is 143 Å². The van der Waals surface area contributed by atoms with Crippen LogP contribution in [0.4, 0.5) is 4.39 Å². The first-order chi connectivity index (χ1) is 11.5. The Kier molecular flexibility index (Phi) is 4.44. The average molecular weight is 340 g/mol. The second-order valence-corrected chi connectivity index (χ2v) is 6.60. The van der Waals surface area contributed by atoms with Crippen LogP contribution in [0.25, 0.3) is 10.2 Å². The lowest BCUT2D eigenvalue weighted by atomic mass is 10.1. The van der Waals surface area contributed by atoms with Crippen molar-refractivity contribution < 1.29 is 9.18 Å². The zero-order chi connectivity index (χ0) is 17.3. The highest BCUT2D eigenvalue weighted by molar-refractivity contribution is 7.16. The van der Waals surface area contributed by atoms with E-state index < -0.39 is 0 Å². The number of carbonyl (C=O) groups is 1. The number of aromatic nitrogens is 1. The summed E-state index contributed by atoms with van der Waals surface area (Å²) < 4.78 is 16.6. The monoisotopic (exact) mass is 340 g/mol. The number of fused-ring (bicyclic) bond motifs is 1.